The Morgan fingerprint density at radius 2 is 2.05 bits per heavy atom. The fourth-order valence-electron chi connectivity index (χ4n) is 1.89. The molecular formula is C11H11ClFNO4S. The summed E-state index contributed by atoms with van der Waals surface area (Å²) < 4.78 is 39.4. The standard InChI is InChI=1S/C11H11ClFNO4S/c12-8-3-2-7(13)6-9(8)19(17,18)14-11(10(15)16)4-1-5-11/h2-3,6,14H,1,4-5H2,(H,15,16). The van der Waals surface area contributed by atoms with E-state index in [1.54, 1.807) is 0 Å². The van der Waals surface area contributed by atoms with Gasteiger partial charge in [0.05, 0.1) is 5.02 Å². The van der Waals surface area contributed by atoms with Gasteiger partial charge < -0.3 is 5.11 Å². The van der Waals surface area contributed by atoms with Crippen LogP contribution in [0.2, 0.25) is 5.02 Å². The van der Waals surface area contributed by atoms with E-state index >= 15 is 0 Å². The molecule has 0 spiro atoms. The molecule has 0 unspecified atom stereocenters. The Labute approximate surface area is 114 Å². The second kappa shape index (κ2) is 4.73. The molecule has 0 aliphatic heterocycles. The van der Waals surface area contributed by atoms with Crippen molar-refractivity contribution in [3.63, 3.8) is 0 Å². The number of hydrogen-bond acceptors (Lipinski definition) is 3. The lowest BCUT2D eigenvalue weighted by atomic mass is 9.78. The van der Waals surface area contributed by atoms with Crippen molar-refractivity contribution in [3.05, 3.63) is 29.0 Å². The third kappa shape index (κ3) is 2.58. The second-order valence-electron chi connectivity index (χ2n) is 4.42. The molecule has 1 aliphatic rings. The van der Waals surface area contributed by atoms with Crippen LogP contribution in [0.5, 0.6) is 0 Å². The first kappa shape index (κ1) is 14.2. The second-order valence-corrected chi connectivity index (χ2v) is 6.48. The molecule has 0 atom stereocenters. The molecule has 0 bridgehead atoms. The minimum absolute atomic E-state index is 0.159. The van der Waals surface area contributed by atoms with Gasteiger partial charge in [-0.25, -0.2) is 12.8 Å². The normalized spacial score (nSPS) is 17.8. The summed E-state index contributed by atoms with van der Waals surface area (Å²) >= 11 is 5.72. The fraction of sp³-hybridized carbons (Fsp3) is 0.364. The van der Waals surface area contributed by atoms with Gasteiger partial charge >= 0.3 is 5.97 Å². The van der Waals surface area contributed by atoms with Crippen LogP contribution in [0.25, 0.3) is 0 Å². The molecule has 0 amide bonds. The highest BCUT2D eigenvalue weighted by Crippen LogP contribution is 2.34. The number of aliphatic carboxylic acids is 1. The van der Waals surface area contributed by atoms with Gasteiger partial charge in [0.25, 0.3) is 0 Å². The molecule has 0 radical (unpaired) electrons. The predicted octanol–water partition coefficient (Wildman–Crippen LogP) is 1.76. The summed E-state index contributed by atoms with van der Waals surface area (Å²) in [4.78, 5) is 10.7. The molecule has 5 nitrogen and oxygen atoms in total. The van der Waals surface area contributed by atoms with E-state index < -0.39 is 32.2 Å². The first-order valence-electron chi connectivity index (χ1n) is 5.49. The topological polar surface area (TPSA) is 83.5 Å². The van der Waals surface area contributed by atoms with Crippen molar-refractivity contribution >= 4 is 27.6 Å². The molecular weight excluding hydrogens is 297 g/mol. The zero-order valence-electron chi connectivity index (χ0n) is 9.69. The highest BCUT2D eigenvalue weighted by Gasteiger charge is 2.47. The number of benzene rings is 1. The Kier molecular flexibility index (Phi) is 3.55. The number of rotatable bonds is 4. The van der Waals surface area contributed by atoms with Gasteiger partial charge in [0, 0.05) is 0 Å². The van der Waals surface area contributed by atoms with E-state index in [1.807, 2.05) is 0 Å². The van der Waals surface area contributed by atoms with Crippen LogP contribution in [-0.4, -0.2) is 25.0 Å². The minimum Gasteiger partial charge on any atom is -0.480 e. The molecule has 19 heavy (non-hydrogen) atoms. The van der Waals surface area contributed by atoms with Gasteiger partial charge in [-0.05, 0) is 37.5 Å². The lowest BCUT2D eigenvalue weighted by Crippen LogP contribution is -2.58. The first-order chi connectivity index (χ1) is 8.77. The lowest BCUT2D eigenvalue weighted by molar-refractivity contribution is -0.147. The maximum atomic E-state index is 13.1. The summed E-state index contributed by atoms with van der Waals surface area (Å²) in [5, 5.41) is 8.93. The number of sulfonamides is 1. The molecule has 0 aromatic heterocycles. The number of carboxylic acid groups (broad SMARTS) is 1. The van der Waals surface area contributed by atoms with Gasteiger partial charge in [0.2, 0.25) is 10.0 Å². The van der Waals surface area contributed by atoms with Crippen molar-refractivity contribution < 1.29 is 22.7 Å². The number of carbonyl (C=O) groups is 1. The summed E-state index contributed by atoms with van der Waals surface area (Å²) in [7, 11) is -4.18. The van der Waals surface area contributed by atoms with Crippen molar-refractivity contribution in [3.8, 4) is 0 Å². The van der Waals surface area contributed by atoms with Gasteiger partial charge in [-0.15, -0.1) is 0 Å². The molecule has 8 heteroatoms. The number of nitrogens with one attached hydrogen (secondary N) is 1. The van der Waals surface area contributed by atoms with Gasteiger partial charge in [-0.3, -0.25) is 4.79 Å². The van der Waals surface area contributed by atoms with E-state index in [4.69, 9.17) is 16.7 Å². The maximum Gasteiger partial charge on any atom is 0.324 e. The molecule has 1 aromatic rings. The van der Waals surface area contributed by atoms with Crippen LogP contribution in [0, 0.1) is 5.82 Å². The lowest BCUT2D eigenvalue weighted by Gasteiger charge is -2.37. The molecule has 1 aliphatic carbocycles. The summed E-state index contributed by atoms with van der Waals surface area (Å²) in [6, 6.07) is 2.90. The van der Waals surface area contributed by atoms with E-state index in [1.165, 1.54) is 0 Å². The fourth-order valence-corrected chi connectivity index (χ4v) is 3.82. The van der Waals surface area contributed by atoms with E-state index in [0.717, 1.165) is 18.2 Å². The van der Waals surface area contributed by atoms with Crippen LogP contribution in [0.15, 0.2) is 23.1 Å². The molecule has 1 aromatic carbocycles. The van der Waals surface area contributed by atoms with Gasteiger partial charge in [0.1, 0.15) is 16.3 Å². The zero-order valence-corrected chi connectivity index (χ0v) is 11.3. The SMILES string of the molecule is O=C(O)C1(NS(=O)(=O)c2cc(F)ccc2Cl)CCC1. The average Bonchev–Trinajstić information content (AvgIpc) is 2.26. The Bertz CT molecular complexity index is 628. The summed E-state index contributed by atoms with van der Waals surface area (Å²) in [6.45, 7) is 0. The Morgan fingerprint density at radius 1 is 1.42 bits per heavy atom. The van der Waals surface area contributed by atoms with Crippen LogP contribution < -0.4 is 4.72 Å². The molecule has 1 fully saturated rings. The molecule has 0 heterocycles. The molecule has 104 valence electrons. The Balaban J connectivity index is 2.38. The summed E-state index contributed by atoms with van der Waals surface area (Å²) in [5.41, 5.74) is -1.51. The number of halogens is 2. The molecule has 1 saturated carbocycles. The highest BCUT2D eigenvalue weighted by atomic mass is 35.5. The van der Waals surface area contributed by atoms with Crippen LogP contribution in [0.4, 0.5) is 4.39 Å². The van der Waals surface area contributed by atoms with E-state index in [9.17, 15) is 17.6 Å². The van der Waals surface area contributed by atoms with Crippen LogP contribution in [0.3, 0.4) is 0 Å². The quantitative estimate of drug-likeness (QED) is 0.888. The highest BCUT2D eigenvalue weighted by molar-refractivity contribution is 7.89. The number of carboxylic acids is 1. The van der Waals surface area contributed by atoms with Crippen molar-refractivity contribution in [2.24, 2.45) is 0 Å². The first-order valence-corrected chi connectivity index (χ1v) is 7.35. The smallest absolute Gasteiger partial charge is 0.324 e. The zero-order chi connectivity index (χ0) is 14.3. The van der Waals surface area contributed by atoms with E-state index in [0.29, 0.717) is 6.42 Å². The third-order valence-corrected chi connectivity index (χ3v) is 5.15. The van der Waals surface area contributed by atoms with Gasteiger partial charge in [-0.2, -0.15) is 4.72 Å². The third-order valence-electron chi connectivity index (χ3n) is 3.13. The predicted molar refractivity (Wildman–Crippen MR) is 65.9 cm³/mol. The Hall–Kier alpha value is -1.18. The summed E-state index contributed by atoms with van der Waals surface area (Å²) in [5.74, 6) is -2.00. The number of hydrogen-bond donors (Lipinski definition) is 2. The van der Waals surface area contributed by atoms with Crippen molar-refractivity contribution in [2.75, 3.05) is 0 Å². The van der Waals surface area contributed by atoms with E-state index in [-0.39, 0.29) is 17.9 Å². The monoisotopic (exact) mass is 307 g/mol. The Morgan fingerprint density at radius 3 is 2.53 bits per heavy atom. The van der Waals surface area contributed by atoms with Crippen molar-refractivity contribution in [2.45, 2.75) is 29.7 Å². The minimum atomic E-state index is -4.18. The van der Waals surface area contributed by atoms with Crippen molar-refractivity contribution in [1.82, 2.24) is 4.72 Å². The molecule has 2 rings (SSSR count). The molecule has 0 saturated heterocycles. The van der Waals surface area contributed by atoms with Crippen LogP contribution in [-0.2, 0) is 14.8 Å². The average molecular weight is 308 g/mol. The largest absolute Gasteiger partial charge is 0.480 e. The van der Waals surface area contributed by atoms with Gasteiger partial charge in [0.15, 0.2) is 0 Å². The van der Waals surface area contributed by atoms with Gasteiger partial charge in [-0.1, -0.05) is 11.6 Å². The summed E-state index contributed by atoms with van der Waals surface area (Å²) in [6.07, 6.45) is 1.02. The van der Waals surface area contributed by atoms with Crippen LogP contribution >= 0.6 is 11.6 Å². The van der Waals surface area contributed by atoms with E-state index in [2.05, 4.69) is 4.72 Å². The molecule has 2 N–H and O–H groups in total. The van der Waals surface area contributed by atoms with Crippen molar-refractivity contribution in [1.29, 1.82) is 0 Å². The van der Waals surface area contributed by atoms with Crippen LogP contribution in [0.1, 0.15) is 19.3 Å². The maximum absolute atomic E-state index is 13.1.